The number of amidine groups is 1. The summed E-state index contributed by atoms with van der Waals surface area (Å²) in [4.78, 5) is 26.4. The highest BCUT2D eigenvalue weighted by Crippen LogP contribution is 2.23. The van der Waals surface area contributed by atoms with Crippen LogP contribution in [0.4, 0.5) is 11.4 Å². The molecule has 2 amide bonds. The number of thioether (sulfide) groups is 1. The summed E-state index contributed by atoms with van der Waals surface area (Å²) in [6.07, 6.45) is 1.66. The van der Waals surface area contributed by atoms with E-state index in [9.17, 15) is 9.59 Å². The Kier molecular flexibility index (Phi) is 6.90. The highest BCUT2D eigenvalue weighted by atomic mass is 35.5. The zero-order chi connectivity index (χ0) is 20.8. The van der Waals surface area contributed by atoms with Crippen molar-refractivity contribution in [3.05, 3.63) is 59.1 Å². The number of rotatable bonds is 5. The van der Waals surface area contributed by atoms with Crippen LogP contribution in [0.1, 0.15) is 12.0 Å². The Morgan fingerprint density at radius 1 is 1.21 bits per heavy atom. The molecular weight excluding hydrogens is 410 g/mol. The summed E-state index contributed by atoms with van der Waals surface area (Å²) in [6, 6.07) is 14.6. The van der Waals surface area contributed by atoms with Gasteiger partial charge in [0.2, 0.25) is 11.8 Å². The molecule has 0 aromatic heterocycles. The first-order valence-corrected chi connectivity index (χ1v) is 10.1. The Morgan fingerprint density at radius 2 is 1.90 bits per heavy atom. The number of hydrogen-bond donors (Lipinski definition) is 2. The van der Waals surface area contributed by atoms with E-state index in [1.165, 1.54) is 11.8 Å². The second-order valence-corrected chi connectivity index (χ2v) is 8.12. The van der Waals surface area contributed by atoms with Gasteiger partial charge in [-0.3, -0.25) is 9.59 Å². The average Bonchev–Trinajstić information content (AvgIpc) is 2.69. The van der Waals surface area contributed by atoms with E-state index in [1.807, 2.05) is 43.3 Å². The molecule has 29 heavy (non-hydrogen) atoms. The number of amides is 2. The standard InChI is InChI=1S/C20H20ClN5O2S/c1-26(2)16-9-3-13(4-10-16)12-22-25-20-24-18(27)11-17(29-20)19(28)23-15-7-5-14(21)6-8-15/h3-10,12,17H,11H2,1-2H3,(H,23,28)(H,24,25,27)/t17-/m1/s1. The summed E-state index contributed by atoms with van der Waals surface area (Å²) < 4.78 is 0. The Hall–Kier alpha value is -2.84. The third-order valence-electron chi connectivity index (χ3n) is 4.04. The van der Waals surface area contributed by atoms with Crippen molar-refractivity contribution in [3.63, 3.8) is 0 Å². The van der Waals surface area contributed by atoms with Crippen LogP contribution in [-0.4, -0.2) is 42.5 Å². The molecule has 2 N–H and O–H groups in total. The molecule has 0 bridgehead atoms. The van der Waals surface area contributed by atoms with Crippen LogP contribution < -0.4 is 15.5 Å². The van der Waals surface area contributed by atoms with Crippen molar-refractivity contribution >= 4 is 57.9 Å². The highest BCUT2D eigenvalue weighted by Gasteiger charge is 2.30. The maximum Gasteiger partial charge on any atom is 0.238 e. The molecule has 2 aromatic carbocycles. The molecule has 0 radical (unpaired) electrons. The van der Waals surface area contributed by atoms with Crippen molar-refractivity contribution in [2.45, 2.75) is 11.7 Å². The van der Waals surface area contributed by atoms with E-state index in [4.69, 9.17) is 11.6 Å². The molecule has 1 fully saturated rings. The monoisotopic (exact) mass is 429 g/mol. The van der Waals surface area contributed by atoms with Crippen LogP contribution in [0.3, 0.4) is 0 Å². The lowest BCUT2D eigenvalue weighted by molar-refractivity contribution is -0.123. The Morgan fingerprint density at radius 3 is 2.55 bits per heavy atom. The van der Waals surface area contributed by atoms with Crippen molar-refractivity contribution in [1.29, 1.82) is 0 Å². The van der Waals surface area contributed by atoms with Crippen molar-refractivity contribution in [1.82, 2.24) is 5.32 Å². The number of nitrogens with zero attached hydrogens (tertiary/aromatic N) is 3. The summed E-state index contributed by atoms with van der Waals surface area (Å²) in [5.41, 5.74) is 2.57. The van der Waals surface area contributed by atoms with Crippen molar-refractivity contribution in [2.75, 3.05) is 24.3 Å². The maximum absolute atomic E-state index is 12.5. The molecular formula is C20H20ClN5O2S. The van der Waals surface area contributed by atoms with Crippen LogP contribution in [-0.2, 0) is 9.59 Å². The molecule has 1 heterocycles. The predicted molar refractivity (Wildman–Crippen MR) is 120 cm³/mol. The normalized spacial score (nSPS) is 18.0. The molecule has 3 rings (SSSR count). The van der Waals surface area contributed by atoms with Crippen LogP contribution in [0.5, 0.6) is 0 Å². The smallest absolute Gasteiger partial charge is 0.238 e. The van der Waals surface area contributed by atoms with E-state index in [2.05, 4.69) is 20.8 Å². The topological polar surface area (TPSA) is 86.2 Å². The van der Waals surface area contributed by atoms with Gasteiger partial charge in [0.25, 0.3) is 0 Å². The Bertz CT molecular complexity index is 942. The molecule has 0 unspecified atom stereocenters. The highest BCUT2D eigenvalue weighted by molar-refractivity contribution is 8.15. The lowest BCUT2D eigenvalue weighted by atomic mass is 10.2. The lowest BCUT2D eigenvalue weighted by Gasteiger charge is -2.21. The van der Waals surface area contributed by atoms with Gasteiger partial charge in [-0.05, 0) is 42.0 Å². The first kappa shape index (κ1) is 20.9. The van der Waals surface area contributed by atoms with E-state index in [0.29, 0.717) is 15.9 Å². The molecule has 7 nitrogen and oxygen atoms in total. The van der Waals surface area contributed by atoms with Gasteiger partial charge in [0, 0.05) is 36.9 Å². The number of hydrogen-bond acceptors (Lipinski definition) is 6. The van der Waals surface area contributed by atoms with Gasteiger partial charge in [-0.25, -0.2) is 0 Å². The van der Waals surface area contributed by atoms with Crippen LogP contribution in [0.15, 0.2) is 58.7 Å². The van der Waals surface area contributed by atoms with E-state index in [1.54, 1.807) is 30.5 Å². The fourth-order valence-electron chi connectivity index (χ4n) is 2.50. The fraction of sp³-hybridized carbons (Fsp3) is 0.200. The van der Waals surface area contributed by atoms with Gasteiger partial charge in [0.1, 0.15) is 5.25 Å². The summed E-state index contributed by atoms with van der Waals surface area (Å²) in [5.74, 6) is -0.549. The summed E-state index contributed by atoms with van der Waals surface area (Å²) in [7, 11) is 3.94. The minimum Gasteiger partial charge on any atom is -0.378 e. The molecule has 1 aliphatic rings. The summed E-state index contributed by atoms with van der Waals surface area (Å²) in [6.45, 7) is 0. The molecule has 0 spiro atoms. The quantitative estimate of drug-likeness (QED) is 0.563. The van der Waals surface area contributed by atoms with Crippen LogP contribution in [0.2, 0.25) is 5.02 Å². The van der Waals surface area contributed by atoms with E-state index < -0.39 is 5.25 Å². The van der Waals surface area contributed by atoms with Gasteiger partial charge in [-0.2, -0.15) is 5.10 Å². The predicted octanol–water partition coefficient (Wildman–Crippen LogP) is 3.36. The number of benzene rings is 2. The molecule has 0 saturated carbocycles. The van der Waals surface area contributed by atoms with Crippen LogP contribution in [0, 0.1) is 0 Å². The molecule has 2 aromatic rings. The van der Waals surface area contributed by atoms with Crippen molar-refractivity contribution in [2.24, 2.45) is 10.2 Å². The van der Waals surface area contributed by atoms with Crippen LogP contribution in [0.25, 0.3) is 0 Å². The number of carbonyl (C=O) groups is 2. The fourth-order valence-corrected chi connectivity index (χ4v) is 3.57. The van der Waals surface area contributed by atoms with E-state index in [0.717, 1.165) is 11.3 Å². The first-order chi connectivity index (χ1) is 13.9. The number of carbonyl (C=O) groups excluding carboxylic acids is 2. The Labute approximate surface area is 178 Å². The first-order valence-electron chi connectivity index (χ1n) is 8.82. The number of anilines is 2. The number of halogens is 1. The second-order valence-electron chi connectivity index (χ2n) is 6.49. The van der Waals surface area contributed by atoms with Gasteiger partial charge in [-0.1, -0.05) is 35.5 Å². The zero-order valence-electron chi connectivity index (χ0n) is 15.9. The van der Waals surface area contributed by atoms with Gasteiger partial charge < -0.3 is 15.5 Å². The molecule has 150 valence electrons. The van der Waals surface area contributed by atoms with Crippen molar-refractivity contribution < 1.29 is 9.59 Å². The zero-order valence-corrected chi connectivity index (χ0v) is 17.5. The maximum atomic E-state index is 12.5. The van der Waals surface area contributed by atoms with Gasteiger partial charge in [0.05, 0.1) is 6.21 Å². The molecule has 0 aliphatic carbocycles. The second kappa shape index (κ2) is 9.58. The van der Waals surface area contributed by atoms with Crippen LogP contribution >= 0.6 is 23.4 Å². The lowest BCUT2D eigenvalue weighted by Crippen LogP contribution is -2.41. The van der Waals surface area contributed by atoms with Gasteiger partial charge >= 0.3 is 0 Å². The van der Waals surface area contributed by atoms with E-state index in [-0.39, 0.29) is 18.2 Å². The average molecular weight is 430 g/mol. The summed E-state index contributed by atoms with van der Waals surface area (Å²) in [5, 5.41) is 13.8. The van der Waals surface area contributed by atoms with Gasteiger partial charge in [0.15, 0.2) is 5.17 Å². The van der Waals surface area contributed by atoms with E-state index >= 15 is 0 Å². The summed E-state index contributed by atoms with van der Waals surface area (Å²) >= 11 is 7.02. The molecule has 1 saturated heterocycles. The SMILES string of the molecule is CN(C)c1ccc(C=N/N=C2\NC(=O)C[C@H](C(=O)Nc3ccc(Cl)cc3)S2)cc1. The third kappa shape index (κ3) is 6.07. The molecule has 9 heteroatoms. The minimum absolute atomic E-state index is 0.0683. The largest absolute Gasteiger partial charge is 0.378 e. The third-order valence-corrected chi connectivity index (χ3v) is 5.36. The minimum atomic E-state index is -0.590. The molecule has 1 atom stereocenters. The van der Waals surface area contributed by atoms with Gasteiger partial charge in [-0.15, -0.1) is 5.10 Å². The number of nitrogens with one attached hydrogen (secondary N) is 2. The Balaban J connectivity index is 1.63. The molecule has 1 aliphatic heterocycles. The van der Waals surface area contributed by atoms with Crippen molar-refractivity contribution in [3.8, 4) is 0 Å².